The van der Waals surface area contributed by atoms with Gasteiger partial charge in [-0.2, -0.15) is 0 Å². The van der Waals surface area contributed by atoms with Crippen molar-refractivity contribution < 1.29 is 9.53 Å². The fraction of sp³-hybridized carbons (Fsp3) is 0.381. The summed E-state index contributed by atoms with van der Waals surface area (Å²) in [4.78, 5) is 14.6. The van der Waals surface area contributed by atoms with Crippen molar-refractivity contribution in [1.82, 2.24) is 10.2 Å². The lowest BCUT2D eigenvalue weighted by Gasteiger charge is -2.18. The quantitative estimate of drug-likeness (QED) is 0.842. The van der Waals surface area contributed by atoms with Gasteiger partial charge in [-0.1, -0.05) is 42.5 Å². The van der Waals surface area contributed by atoms with Gasteiger partial charge in [0.25, 0.3) is 5.91 Å². The first-order valence-electron chi connectivity index (χ1n) is 8.96. The number of nitrogens with zero attached hydrogens (tertiary/aromatic N) is 1. The average molecular weight is 338 g/mol. The zero-order chi connectivity index (χ0) is 17.5. The summed E-state index contributed by atoms with van der Waals surface area (Å²) in [5.41, 5.74) is 3.51. The summed E-state index contributed by atoms with van der Waals surface area (Å²) in [5, 5.41) is 2.97. The van der Waals surface area contributed by atoms with Crippen LogP contribution in [-0.4, -0.2) is 30.5 Å². The highest BCUT2D eigenvalue weighted by atomic mass is 16.5. The van der Waals surface area contributed by atoms with Crippen LogP contribution in [-0.2, 0) is 17.9 Å². The molecule has 1 heterocycles. The molecule has 25 heavy (non-hydrogen) atoms. The molecule has 0 bridgehead atoms. The number of para-hydroxylation sites is 1. The van der Waals surface area contributed by atoms with Crippen molar-refractivity contribution in [2.45, 2.75) is 32.9 Å². The lowest BCUT2D eigenvalue weighted by atomic mass is 10.1. The smallest absolute Gasteiger partial charge is 0.258 e. The molecule has 1 amide bonds. The van der Waals surface area contributed by atoms with Crippen molar-refractivity contribution in [3.63, 3.8) is 0 Å². The van der Waals surface area contributed by atoms with Gasteiger partial charge in [-0.05, 0) is 55.6 Å². The minimum Gasteiger partial charge on any atom is -0.484 e. The number of aryl methyl sites for hydroxylation is 1. The monoisotopic (exact) mass is 338 g/mol. The Bertz CT molecular complexity index is 709. The molecule has 2 aromatic rings. The number of rotatable bonds is 7. The van der Waals surface area contributed by atoms with Crippen LogP contribution < -0.4 is 10.1 Å². The van der Waals surface area contributed by atoms with E-state index < -0.39 is 0 Å². The molecule has 0 aliphatic carbocycles. The SMILES string of the molecule is Cc1ccccc1OCC(=O)NCc1ccccc1CN1CCCC1. The van der Waals surface area contributed by atoms with Gasteiger partial charge >= 0.3 is 0 Å². The van der Waals surface area contributed by atoms with Gasteiger partial charge in [0.05, 0.1) is 0 Å². The second-order valence-corrected chi connectivity index (χ2v) is 6.58. The number of hydrogen-bond donors (Lipinski definition) is 1. The zero-order valence-corrected chi connectivity index (χ0v) is 14.8. The van der Waals surface area contributed by atoms with E-state index in [-0.39, 0.29) is 12.5 Å². The molecule has 0 atom stereocenters. The van der Waals surface area contributed by atoms with E-state index in [2.05, 4.69) is 28.4 Å². The first kappa shape index (κ1) is 17.5. The molecule has 132 valence electrons. The van der Waals surface area contributed by atoms with Crippen LogP contribution in [0.25, 0.3) is 0 Å². The molecule has 1 aliphatic heterocycles. The zero-order valence-electron chi connectivity index (χ0n) is 14.8. The van der Waals surface area contributed by atoms with Crippen molar-refractivity contribution >= 4 is 5.91 Å². The Kier molecular flexibility index (Phi) is 6.07. The molecule has 1 N–H and O–H groups in total. The Balaban J connectivity index is 1.51. The summed E-state index contributed by atoms with van der Waals surface area (Å²) < 4.78 is 5.60. The molecule has 3 rings (SSSR count). The van der Waals surface area contributed by atoms with Gasteiger partial charge in [0.2, 0.25) is 0 Å². The predicted octanol–water partition coefficient (Wildman–Crippen LogP) is 3.29. The Morgan fingerprint density at radius 3 is 2.48 bits per heavy atom. The normalized spacial score (nSPS) is 14.4. The van der Waals surface area contributed by atoms with E-state index >= 15 is 0 Å². The van der Waals surface area contributed by atoms with E-state index in [1.54, 1.807) is 0 Å². The molecule has 1 aliphatic rings. The number of carbonyl (C=O) groups excluding carboxylic acids is 1. The summed E-state index contributed by atoms with van der Waals surface area (Å²) >= 11 is 0. The van der Waals surface area contributed by atoms with Crippen molar-refractivity contribution in [2.75, 3.05) is 19.7 Å². The van der Waals surface area contributed by atoms with E-state index in [0.717, 1.165) is 17.9 Å². The van der Waals surface area contributed by atoms with Crippen LogP contribution in [0.3, 0.4) is 0 Å². The van der Waals surface area contributed by atoms with Crippen molar-refractivity contribution in [2.24, 2.45) is 0 Å². The van der Waals surface area contributed by atoms with Crippen LogP contribution in [0.15, 0.2) is 48.5 Å². The van der Waals surface area contributed by atoms with Gasteiger partial charge in [0.15, 0.2) is 6.61 Å². The van der Waals surface area contributed by atoms with Gasteiger partial charge in [-0.25, -0.2) is 0 Å². The average Bonchev–Trinajstić information content (AvgIpc) is 3.13. The molecule has 1 saturated heterocycles. The van der Waals surface area contributed by atoms with E-state index in [1.807, 2.05) is 37.3 Å². The van der Waals surface area contributed by atoms with Crippen LogP contribution in [0.5, 0.6) is 5.75 Å². The maximum atomic E-state index is 12.1. The molecule has 0 aromatic heterocycles. The second-order valence-electron chi connectivity index (χ2n) is 6.58. The molecule has 0 unspecified atom stereocenters. The highest BCUT2D eigenvalue weighted by molar-refractivity contribution is 5.77. The van der Waals surface area contributed by atoms with Crippen molar-refractivity contribution in [1.29, 1.82) is 0 Å². The lowest BCUT2D eigenvalue weighted by Crippen LogP contribution is -2.29. The third kappa shape index (κ3) is 5.07. The van der Waals surface area contributed by atoms with E-state index in [1.165, 1.54) is 37.1 Å². The Labute approximate surface area is 149 Å². The molecule has 0 spiro atoms. The number of ether oxygens (including phenoxy) is 1. The highest BCUT2D eigenvalue weighted by Gasteiger charge is 2.14. The lowest BCUT2D eigenvalue weighted by molar-refractivity contribution is -0.123. The molecule has 1 fully saturated rings. The third-order valence-corrected chi connectivity index (χ3v) is 4.64. The molecule has 0 radical (unpaired) electrons. The topological polar surface area (TPSA) is 41.6 Å². The Morgan fingerprint density at radius 1 is 1.04 bits per heavy atom. The van der Waals surface area contributed by atoms with Gasteiger partial charge in [-0.15, -0.1) is 0 Å². The maximum absolute atomic E-state index is 12.1. The number of carbonyl (C=O) groups is 1. The van der Waals surface area contributed by atoms with E-state index in [9.17, 15) is 4.79 Å². The van der Waals surface area contributed by atoms with E-state index in [4.69, 9.17) is 4.74 Å². The van der Waals surface area contributed by atoms with Crippen molar-refractivity contribution in [3.05, 3.63) is 65.2 Å². The first-order valence-corrected chi connectivity index (χ1v) is 8.96. The fourth-order valence-corrected chi connectivity index (χ4v) is 3.17. The molecular weight excluding hydrogens is 312 g/mol. The summed E-state index contributed by atoms with van der Waals surface area (Å²) in [6.45, 7) is 5.86. The van der Waals surface area contributed by atoms with Gasteiger partial charge < -0.3 is 10.1 Å². The van der Waals surface area contributed by atoms with Crippen LogP contribution in [0.2, 0.25) is 0 Å². The summed E-state index contributed by atoms with van der Waals surface area (Å²) in [6.07, 6.45) is 2.57. The van der Waals surface area contributed by atoms with Crippen molar-refractivity contribution in [3.8, 4) is 5.75 Å². The van der Waals surface area contributed by atoms with Crippen LogP contribution >= 0.6 is 0 Å². The van der Waals surface area contributed by atoms with Crippen LogP contribution in [0.4, 0.5) is 0 Å². The maximum Gasteiger partial charge on any atom is 0.258 e. The standard InChI is InChI=1S/C21H26N2O2/c1-17-8-2-5-11-20(17)25-16-21(24)22-14-18-9-3-4-10-19(18)15-23-12-6-7-13-23/h2-5,8-11H,6-7,12-16H2,1H3,(H,22,24). The summed E-state index contributed by atoms with van der Waals surface area (Å²) in [6, 6.07) is 16.1. The van der Waals surface area contributed by atoms with E-state index in [0.29, 0.717) is 6.54 Å². The van der Waals surface area contributed by atoms with Crippen LogP contribution in [0, 0.1) is 6.92 Å². The Hall–Kier alpha value is -2.33. The molecule has 4 heteroatoms. The summed E-state index contributed by atoms with van der Waals surface area (Å²) in [7, 11) is 0. The molecule has 4 nitrogen and oxygen atoms in total. The number of likely N-dealkylation sites (tertiary alicyclic amines) is 1. The molecule has 2 aromatic carbocycles. The first-order chi connectivity index (χ1) is 12.2. The fourth-order valence-electron chi connectivity index (χ4n) is 3.17. The molecule has 0 saturated carbocycles. The highest BCUT2D eigenvalue weighted by Crippen LogP contribution is 2.17. The van der Waals surface area contributed by atoms with Crippen LogP contribution in [0.1, 0.15) is 29.5 Å². The van der Waals surface area contributed by atoms with Gasteiger partial charge in [-0.3, -0.25) is 9.69 Å². The molecular formula is C21H26N2O2. The number of amides is 1. The summed E-state index contributed by atoms with van der Waals surface area (Å²) in [5.74, 6) is 0.659. The van der Waals surface area contributed by atoms with Gasteiger partial charge in [0.1, 0.15) is 5.75 Å². The number of nitrogens with one attached hydrogen (secondary N) is 1. The minimum atomic E-state index is -0.0979. The van der Waals surface area contributed by atoms with Gasteiger partial charge in [0, 0.05) is 13.1 Å². The number of hydrogen-bond acceptors (Lipinski definition) is 3. The predicted molar refractivity (Wildman–Crippen MR) is 99.5 cm³/mol. The Morgan fingerprint density at radius 2 is 1.72 bits per heavy atom. The largest absolute Gasteiger partial charge is 0.484 e. The number of benzene rings is 2. The minimum absolute atomic E-state index is 0.0408. The second kappa shape index (κ2) is 8.67. The third-order valence-electron chi connectivity index (χ3n) is 4.64.